The van der Waals surface area contributed by atoms with Gasteiger partial charge in [-0.05, 0) is 5.53 Å². The zero-order valence-corrected chi connectivity index (χ0v) is 19.9. The summed E-state index contributed by atoms with van der Waals surface area (Å²) in [5.74, 6) is -3.45. The molecule has 200 valence electrons. The van der Waals surface area contributed by atoms with E-state index in [1.54, 1.807) is 0 Å². The number of alkyl halides is 1. The molecule has 2 aromatic rings. The van der Waals surface area contributed by atoms with Crippen molar-refractivity contribution in [3.8, 4) is 0 Å². The van der Waals surface area contributed by atoms with Crippen molar-refractivity contribution < 1.29 is 60.6 Å². The average molecular weight is 580 g/mol. The molecule has 3 rings (SSSR count). The molecule has 5 atom stereocenters. The second kappa shape index (κ2) is 9.55. The van der Waals surface area contributed by atoms with Gasteiger partial charge in [-0.2, -0.15) is 13.6 Å². The SMILES string of the molecule is [N-]=[N+]=NC[C@]1(COP(=O)(O)OP(=O)(O)OP(=O)(O)O)OC[C@@](F)(n2cnc3c(=O)[nH]c(N)nc32)[C@@H]1O. The lowest BCUT2D eigenvalue weighted by Crippen LogP contribution is -2.53. The van der Waals surface area contributed by atoms with Crippen LogP contribution in [0.3, 0.4) is 0 Å². The van der Waals surface area contributed by atoms with Crippen molar-refractivity contribution in [2.24, 2.45) is 5.11 Å². The minimum atomic E-state index is -5.88. The fraction of sp³-hybridized carbons (Fsp3) is 0.545. The number of rotatable bonds is 10. The maximum Gasteiger partial charge on any atom is 0.490 e. The van der Waals surface area contributed by atoms with E-state index in [1.807, 2.05) is 0 Å². The van der Waals surface area contributed by atoms with Gasteiger partial charge >= 0.3 is 23.5 Å². The molecule has 0 aliphatic carbocycles. The van der Waals surface area contributed by atoms with E-state index in [2.05, 4.69) is 38.1 Å². The molecule has 0 saturated carbocycles. The lowest BCUT2D eigenvalue weighted by atomic mass is 9.93. The third-order valence-corrected chi connectivity index (χ3v) is 8.38. The molecule has 1 fully saturated rings. The van der Waals surface area contributed by atoms with Crippen LogP contribution >= 0.6 is 23.5 Å². The molecule has 0 radical (unpaired) electrons. The highest BCUT2D eigenvalue weighted by Gasteiger charge is 2.61. The summed E-state index contributed by atoms with van der Waals surface area (Å²) in [4.78, 5) is 60.0. The highest BCUT2D eigenvalue weighted by molar-refractivity contribution is 7.66. The number of ether oxygens (including phenoxy) is 1. The number of fused-ring (bicyclic) bond motifs is 1. The summed E-state index contributed by atoms with van der Waals surface area (Å²) in [6, 6.07) is 0. The summed E-state index contributed by atoms with van der Waals surface area (Å²) in [7, 11) is -17.3. The zero-order valence-electron chi connectivity index (χ0n) is 17.3. The van der Waals surface area contributed by atoms with Crippen molar-refractivity contribution in [3.63, 3.8) is 0 Å². The number of hydrogen-bond acceptors (Lipinski definition) is 13. The summed E-state index contributed by atoms with van der Waals surface area (Å²) in [5, 5.41) is 14.0. The van der Waals surface area contributed by atoms with Gasteiger partial charge in [-0.15, -0.1) is 0 Å². The molecular formula is C11H16FN8O13P3. The molecule has 0 bridgehead atoms. The van der Waals surface area contributed by atoms with Crippen molar-refractivity contribution >= 4 is 40.6 Å². The van der Waals surface area contributed by atoms with Gasteiger partial charge in [0.15, 0.2) is 11.2 Å². The second-order valence-electron chi connectivity index (χ2n) is 7.07. The molecule has 2 unspecified atom stereocenters. The number of nitrogen functional groups attached to an aromatic ring is 1. The van der Waals surface area contributed by atoms with E-state index in [0.717, 1.165) is 6.33 Å². The van der Waals surface area contributed by atoms with Crippen LogP contribution < -0.4 is 11.3 Å². The number of aliphatic hydroxyl groups is 1. The van der Waals surface area contributed by atoms with E-state index in [1.165, 1.54) is 0 Å². The summed E-state index contributed by atoms with van der Waals surface area (Å²) < 4.78 is 67.7. The highest BCUT2D eigenvalue weighted by atomic mass is 31.3. The Kier molecular flexibility index (Phi) is 7.50. The van der Waals surface area contributed by atoms with E-state index in [-0.39, 0.29) is 5.52 Å². The van der Waals surface area contributed by atoms with Gasteiger partial charge in [0.25, 0.3) is 5.56 Å². The predicted octanol–water partition coefficient (Wildman–Crippen LogP) is -0.892. The molecule has 25 heteroatoms. The van der Waals surface area contributed by atoms with Crippen LogP contribution in [-0.4, -0.2) is 75.7 Å². The average Bonchev–Trinajstić information content (AvgIpc) is 3.24. The fourth-order valence-electron chi connectivity index (χ4n) is 3.15. The molecule has 1 aliphatic heterocycles. The number of aliphatic hydroxyl groups excluding tert-OH is 1. The fourth-order valence-corrected chi connectivity index (χ4v) is 6.23. The molecule has 3 heterocycles. The third kappa shape index (κ3) is 5.82. The van der Waals surface area contributed by atoms with Crippen molar-refractivity contribution in [3.05, 3.63) is 27.1 Å². The number of phosphoric ester groups is 1. The number of nitrogens with one attached hydrogen (secondary N) is 1. The van der Waals surface area contributed by atoms with Gasteiger partial charge in [-0.1, -0.05) is 5.11 Å². The first-order chi connectivity index (χ1) is 16.4. The Morgan fingerprint density at radius 1 is 1.33 bits per heavy atom. The van der Waals surface area contributed by atoms with Crippen LogP contribution in [0, 0.1) is 0 Å². The minimum Gasteiger partial charge on any atom is -0.385 e. The number of nitrogens with two attached hydrogens (primary N) is 1. The topological polar surface area (TPSA) is 328 Å². The van der Waals surface area contributed by atoms with Crippen LogP contribution in [0.4, 0.5) is 10.3 Å². The van der Waals surface area contributed by atoms with Gasteiger partial charge in [0.05, 0.1) is 13.2 Å². The maximum atomic E-state index is 16.1. The van der Waals surface area contributed by atoms with E-state index in [9.17, 15) is 33.4 Å². The van der Waals surface area contributed by atoms with Gasteiger partial charge in [-0.3, -0.25) is 18.9 Å². The number of anilines is 1. The van der Waals surface area contributed by atoms with Crippen LogP contribution in [0.15, 0.2) is 16.2 Å². The third-order valence-electron chi connectivity index (χ3n) is 4.59. The Hall–Kier alpha value is -2.28. The molecule has 8 N–H and O–H groups in total. The molecule has 36 heavy (non-hydrogen) atoms. The normalized spacial score (nSPS) is 27.9. The first-order valence-electron chi connectivity index (χ1n) is 8.97. The standard InChI is InChI=1S/C11H16FN8O13P3/c12-11(20-4-15-5-6(20)17-9(13)18-7(5)21)3-30-10(8(11)22,1-16-19-14)2-31-35(26,27)33-36(28,29)32-34(23,24)25/h4,8,22H,1-3H2,(H,26,27)(H,28,29)(H2,23,24,25)(H3,13,17,18,21)/t8-,10-,11-/m1/s1. The van der Waals surface area contributed by atoms with Crippen LogP contribution in [0.25, 0.3) is 21.6 Å². The Balaban J connectivity index is 1.92. The zero-order chi connectivity index (χ0) is 27.2. The van der Waals surface area contributed by atoms with Crippen molar-refractivity contribution in [2.45, 2.75) is 17.5 Å². The van der Waals surface area contributed by atoms with Crippen LogP contribution in [0.2, 0.25) is 0 Å². The quantitative estimate of drug-likeness (QED) is 0.0775. The molecule has 0 spiro atoms. The van der Waals surface area contributed by atoms with Gasteiger partial charge in [0.2, 0.25) is 11.7 Å². The molecule has 1 aliphatic rings. The monoisotopic (exact) mass is 580 g/mol. The highest BCUT2D eigenvalue weighted by Crippen LogP contribution is 2.66. The van der Waals surface area contributed by atoms with Gasteiger partial charge < -0.3 is 35.2 Å². The number of H-pyrrole nitrogens is 1. The number of phosphoric acid groups is 3. The second-order valence-corrected chi connectivity index (χ2v) is 11.5. The van der Waals surface area contributed by atoms with Crippen molar-refractivity contribution in [1.29, 1.82) is 0 Å². The lowest BCUT2D eigenvalue weighted by Gasteiger charge is -2.33. The summed E-state index contributed by atoms with van der Waals surface area (Å²) in [5.41, 5.74) is 9.99. The summed E-state index contributed by atoms with van der Waals surface area (Å²) in [6.45, 7) is -3.37. The number of nitrogens with zero attached hydrogens (tertiary/aromatic N) is 6. The number of imidazole rings is 1. The smallest absolute Gasteiger partial charge is 0.385 e. The van der Waals surface area contributed by atoms with E-state index in [0.29, 0.717) is 4.57 Å². The van der Waals surface area contributed by atoms with Gasteiger partial charge in [-0.25, -0.2) is 23.1 Å². The molecular weight excluding hydrogens is 564 g/mol. The number of azide groups is 1. The molecule has 2 aromatic heterocycles. The Bertz CT molecular complexity index is 1420. The van der Waals surface area contributed by atoms with E-state index in [4.69, 9.17) is 25.8 Å². The maximum absolute atomic E-state index is 16.1. The first-order valence-corrected chi connectivity index (χ1v) is 13.5. The first kappa shape index (κ1) is 28.3. The van der Waals surface area contributed by atoms with Crippen LogP contribution in [0.5, 0.6) is 0 Å². The lowest BCUT2D eigenvalue weighted by molar-refractivity contribution is -0.0980. The molecule has 0 aromatic carbocycles. The van der Waals surface area contributed by atoms with E-state index < -0.39 is 77.9 Å². The van der Waals surface area contributed by atoms with Crippen molar-refractivity contribution in [2.75, 3.05) is 25.5 Å². The van der Waals surface area contributed by atoms with Gasteiger partial charge in [0.1, 0.15) is 24.6 Å². The number of aromatic amines is 1. The Labute approximate surface area is 196 Å². The number of hydrogen-bond donors (Lipinski definition) is 7. The van der Waals surface area contributed by atoms with E-state index >= 15 is 4.39 Å². The van der Waals surface area contributed by atoms with Crippen LogP contribution in [0.1, 0.15) is 0 Å². The largest absolute Gasteiger partial charge is 0.490 e. The predicted molar refractivity (Wildman–Crippen MR) is 110 cm³/mol. The van der Waals surface area contributed by atoms with Crippen LogP contribution in [-0.2, 0) is 37.4 Å². The number of aromatic nitrogens is 4. The minimum absolute atomic E-state index is 0.380. The Morgan fingerprint density at radius 3 is 2.61 bits per heavy atom. The summed E-state index contributed by atoms with van der Waals surface area (Å²) >= 11 is 0. The number of halogens is 1. The summed E-state index contributed by atoms with van der Waals surface area (Å²) in [6.07, 6.45) is -1.65. The Morgan fingerprint density at radius 2 is 2.00 bits per heavy atom. The molecule has 1 saturated heterocycles. The van der Waals surface area contributed by atoms with Gasteiger partial charge in [0, 0.05) is 4.91 Å². The molecule has 21 nitrogen and oxygen atoms in total. The molecule has 0 amide bonds. The van der Waals surface area contributed by atoms with Crippen molar-refractivity contribution in [1.82, 2.24) is 19.5 Å².